The maximum Gasteiger partial charge on any atom is 0.318 e. The van der Waals surface area contributed by atoms with Gasteiger partial charge in [-0.3, -0.25) is 4.79 Å². The van der Waals surface area contributed by atoms with Crippen LogP contribution in [0.3, 0.4) is 0 Å². The number of rotatable bonds is 4. The maximum absolute atomic E-state index is 12.7. The van der Waals surface area contributed by atoms with Crippen LogP contribution in [0.1, 0.15) is 29.8 Å². The van der Waals surface area contributed by atoms with E-state index in [0.717, 1.165) is 5.56 Å². The van der Waals surface area contributed by atoms with Crippen molar-refractivity contribution in [3.8, 4) is 0 Å². The van der Waals surface area contributed by atoms with E-state index >= 15 is 0 Å². The Kier molecular flexibility index (Phi) is 5.41. The van der Waals surface area contributed by atoms with E-state index in [1.165, 1.54) is 0 Å². The zero-order valence-corrected chi connectivity index (χ0v) is 16.1. The molecule has 1 unspecified atom stereocenters. The van der Waals surface area contributed by atoms with Crippen LogP contribution in [-0.2, 0) is 16.9 Å². The zero-order chi connectivity index (χ0) is 18.7. The van der Waals surface area contributed by atoms with Gasteiger partial charge in [-0.15, -0.1) is 0 Å². The molecule has 134 valence electrons. The van der Waals surface area contributed by atoms with E-state index in [1.807, 2.05) is 50.2 Å². The predicted molar refractivity (Wildman–Crippen MR) is 110 cm³/mol. The molecule has 1 amide bonds. The first-order chi connectivity index (χ1) is 12.4. The molecule has 7 heteroatoms. The summed E-state index contributed by atoms with van der Waals surface area (Å²) in [5.74, 6) is 0.0259. The van der Waals surface area contributed by atoms with Gasteiger partial charge in [0.05, 0.1) is 5.54 Å². The first kappa shape index (κ1) is 18.6. The minimum Gasteiger partial charge on any atom is -0.609 e. The minimum atomic E-state index is -1.38. The number of amidine groups is 1. The van der Waals surface area contributed by atoms with Crippen LogP contribution in [-0.4, -0.2) is 26.2 Å². The largest absolute Gasteiger partial charge is 0.609 e. The number of hydrogen-bond acceptors (Lipinski definition) is 4. The number of benzene rings is 2. The molecule has 0 radical (unpaired) electrons. The molecule has 2 N–H and O–H groups in total. The molecule has 0 saturated heterocycles. The van der Waals surface area contributed by atoms with Gasteiger partial charge in [0.1, 0.15) is 10.7 Å². The summed E-state index contributed by atoms with van der Waals surface area (Å²) < 4.78 is 12.7. The molecular formula is C19H19N3O2S2. The van der Waals surface area contributed by atoms with Crippen LogP contribution in [0.2, 0.25) is 0 Å². The Labute approximate surface area is 161 Å². The number of amides is 1. The van der Waals surface area contributed by atoms with Crippen molar-refractivity contribution < 1.29 is 9.35 Å². The van der Waals surface area contributed by atoms with Crippen LogP contribution in [0.5, 0.6) is 0 Å². The Balaban J connectivity index is 1.75. The molecule has 0 bridgehead atoms. The smallest absolute Gasteiger partial charge is 0.318 e. The molecule has 26 heavy (non-hydrogen) atoms. The van der Waals surface area contributed by atoms with Crippen LogP contribution < -0.4 is 10.6 Å². The zero-order valence-electron chi connectivity index (χ0n) is 14.5. The van der Waals surface area contributed by atoms with Crippen LogP contribution in [0.25, 0.3) is 0 Å². The lowest BCUT2D eigenvalue weighted by Crippen LogP contribution is -2.44. The number of aliphatic imine (C=N–C) groups is 1. The molecule has 0 aromatic heterocycles. The lowest BCUT2D eigenvalue weighted by molar-refractivity contribution is 0.102. The molecule has 2 aromatic carbocycles. The number of nitrogens with zero attached hydrogens (tertiary/aromatic N) is 1. The number of para-hydroxylation sites is 1. The van der Waals surface area contributed by atoms with E-state index in [0.29, 0.717) is 21.4 Å². The summed E-state index contributed by atoms with van der Waals surface area (Å²) in [6.45, 7) is 3.80. The maximum atomic E-state index is 12.7. The van der Waals surface area contributed by atoms with E-state index in [1.54, 1.807) is 18.2 Å². The third-order valence-corrected chi connectivity index (χ3v) is 5.76. The van der Waals surface area contributed by atoms with Gasteiger partial charge in [0.2, 0.25) is 0 Å². The second-order valence-corrected chi connectivity index (χ2v) is 8.19. The Hall–Kier alpha value is -2.22. The first-order valence-corrected chi connectivity index (χ1v) is 9.83. The number of anilines is 1. The molecule has 0 aliphatic carbocycles. The number of carbonyl (C=O) groups is 1. The van der Waals surface area contributed by atoms with Crippen molar-refractivity contribution in [1.29, 1.82) is 0 Å². The highest BCUT2D eigenvalue weighted by molar-refractivity contribution is 8.05. The Morgan fingerprint density at radius 2 is 1.85 bits per heavy atom. The molecule has 2 aromatic rings. The number of carbonyl (C=O) groups excluding carboxylic acids is 1. The Morgan fingerprint density at radius 1 is 1.19 bits per heavy atom. The molecule has 1 heterocycles. The fourth-order valence-corrected chi connectivity index (χ4v) is 3.88. The van der Waals surface area contributed by atoms with Crippen LogP contribution in [0, 0.1) is 0 Å². The summed E-state index contributed by atoms with van der Waals surface area (Å²) in [5.41, 5.74) is 1.50. The van der Waals surface area contributed by atoms with E-state index in [9.17, 15) is 9.35 Å². The predicted octanol–water partition coefficient (Wildman–Crippen LogP) is 3.25. The van der Waals surface area contributed by atoms with Gasteiger partial charge in [-0.1, -0.05) is 48.6 Å². The highest BCUT2D eigenvalue weighted by Crippen LogP contribution is 2.22. The fraction of sp³-hybridized carbons (Fsp3) is 0.211. The van der Waals surface area contributed by atoms with Crippen LogP contribution in [0.15, 0.2) is 59.6 Å². The third kappa shape index (κ3) is 4.12. The van der Waals surface area contributed by atoms with Crippen molar-refractivity contribution in [2.75, 3.05) is 5.32 Å². The number of nitrogens with one attached hydrogen (secondary N) is 2. The van der Waals surface area contributed by atoms with Gasteiger partial charge in [0.15, 0.2) is 0 Å². The van der Waals surface area contributed by atoms with Crippen molar-refractivity contribution in [3.05, 3.63) is 65.7 Å². The second-order valence-electron chi connectivity index (χ2n) is 6.44. The first-order valence-electron chi connectivity index (χ1n) is 8.11. The lowest BCUT2D eigenvalue weighted by Gasteiger charge is -2.19. The SMILES string of the molecule is CC1(C)NC([S+]([O-])Cc2ccccc2NC(=O)c2ccccc2)=NC1=S. The van der Waals surface area contributed by atoms with Crippen LogP contribution >= 0.6 is 12.2 Å². The minimum absolute atomic E-state index is 0.206. The van der Waals surface area contributed by atoms with Crippen molar-refractivity contribution in [2.45, 2.75) is 25.1 Å². The average Bonchev–Trinajstić information content (AvgIpc) is 2.90. The molecule has 5 nitrogen and oxygen atoms in total. The molecular weight excluding hydrogens is 366 g/mol. The van der Waals surface area contributed by atoms with Crippen molar-refractivity contribution >= 4 is 45.1 Å². The highest BCUT2D eigenvalue weighted by Gasteiger charge is 2.37. The number of hydrogen-bond donors (Lipinski definition) is 2. The molecule has 1 aliphatic rings. The van der Waals surface area contributed by atoms with E-state index in [4.69, 9.17) is 12.2 Å². The second kappa shape index (κ2) is 7.57. The summed E-state index contributed by atoms with van der Waals surface area (Å²) in [6, 6.07) is 16.3. The van der Waals surface area contributed by atoms with E-state index in [-0.39, 0.29) is 11.7 Å². The van der Waals surface area contributed by atoms with Gasteiger partial charge in [0.25, 0.3) is 5.91 Å². The monoisotopic (exact) mass is 385 g/mol. The molecule has 1 aliphatic heterocycles. The molecule has 1 atom stereocenters. The third-order valence-electron chi connectivity index (χ3n) is 3.96. The van der Waals surface area contributed by atoms with Crippen molar-refractivity contribution in [1.82, 2.24) is 5.32 Å². The summed E-state index contributed by atoms with van der Waals surface area (Å²) in [4.78, 5) is 17.1. The lowest BCUT2D eigenvalue weighted by atomic mass is 10.1. The van der Waals surface area contributed by atoms with E-state index < -0.39 is 16.7 Å². The summed E-state index contributed by atoms with van der Waals surface area (Å²) in [6.07, 6.45) is 0. The average molecular weight is 386 g/mol. The Bertz CT molecular complexity index is 866. The number of thiocarbonyl (C=S) groups is 1. The summed E-state index contributed by atoms with van der Waals surface area (Å²) in [7, 11) is 0. The van der Waals surface area contributed by atoms with Crippen molar-refractivity contribution in [2.24, 2.45) is 4.99 Å². The molecule has 0 spiro atoms. The Morgan fingerprint density at radius 3 is 2.50 bits per heavy atom. The van der Waals surface area contributed by atoms with E-state index in [2.05, 4.69) is 15.6 Å². The van der Waals surface area contributed by atoms with Gasteiger partial charge in [-0.05, 0) is 32.0 Å². The standard InChI is InChI=1S/C19H19N3O2S2/c1-19(2)17(25)21-18(22-19)26(24)12-14-10-6-7-11-15(14)20-16(23)13-8-4-3-5-9-13/h3-11H,12H2,1-2H3,(H,20,23)(H,21,22,25). The molecule has 0 saturated carbocycles. The summed E-state index contributed by atoms with van der Waals surface area (Å²) >= 11 is 3.83. The molecule has 0 fully saturated rings. The molecule has 3 rings (SSSR count). The van der Waals surface area contributed by atoms with Gasteiger partial charge in [-0.25, -0.2) is 0 Å². The van der Waals surface area contributed by atoms with Crippen molar-refractivity contribution in [3.63, 3.8) is 0 Å². The topological polar surface area (TPSA) is 76.5 Å². The quantitative estimate of drug-likeness (QED) is 0.626. The van der Waals surface area contributed by atoms with Gasteiger partial charge in [0, 0.05) is 28.0 Å². The fourth-order valence-electron chi connectivity index (χ4n) is 2.45. The van der Waals surface area contributed by atoms with Gasteiger partial charge >= 0.3 is 5.17 Å². The normalized spacial score (nSPS) is 16.6. The van der Waals surface area contributed by atoms with Gasteiger partial charge in [-0.2, -0.15) is 4.99 Å². The highest BCUT2D eigenvalue weighted by atomic mass is 32.2. The summed E-state index contributed by atoms with van der Waals surface area (Å²) in [5, 5.41) is 6.37. The van der Waals surface area contributed by atoms with Crippen LogP contribution in [0.4, 0.5) is 5.69 Å². The van der Waals surface area contributed by atoms with Gasteiger partial charge < -0.3 is 15.2 Å².